The second-order valence-corrected chi connectivity index (χ2v) is 10.5. The van der Waals surface area contributed by atoms with Gasteiger partial charge in [0, 0.05) is 52.7 Å². The molecular weight excluding hydrogens is 483 g/mol. The van der Waals surface area contributed by atoms with Gasteiger partial charge in [0.05, 0.1) is 6.54 Å². The molecule has 1 heterocycles. The number of piperidine rings is 1. The summed E-state index contributed by atoms with van der Waals surface area (Å²) in [5.74, 6) is 1.43. The molecule has 2 atom stereocenters. The van der Waals surface area contributed by atoms with E-state index in [4.69, 9.17) is 0 Å². The minimum absolute atomic E-state index is 0. The molecule has 0 saturated carbocycles. The molecule has 2 unspecified atom stereocenters. The Kier molecular flexibility index (Phi) is 10.8. The van der Waals surface area contributed by atoms with Crippen LogP contribution in [-0.2, 0) is 10.8 Å². The van der Waals surface area contributed by atoms with Crippen molar-refractivity contribution in [3.63, 3.8) is 0 Å². The van der Waals surface area contributed by atoms with E-state index >= 15 is 0 Å². The highest BCUT2D eigenvalue weighted by Gasteiger charge is 2.21. The molecule has 1 fully saturated rings. The average molecular weight is 521 g/mol. The van der Waals surface area contributed by atoms with E-state index in [1.807, 2.05) is 20.8 Å². The Hall–Kier alpha value is -0.830. The number of halogens is 1. The second kappa shape index (κ2) is 12.0. The summed E-state index contributed by atoms with van der Waals surface area (Å²) in [6.07, 6.45) is 2.31. The van der Waals surface area contributed by atoms with Crippen molar-refractivity contribution in [1.82, 2.24) is 10.6 Å². The van der Waals surface area contributed by atoms with E-state index in [-0.39, 0.29) is 28.7 Å². The summed E-state index contributed by atoms with van der Waals surface area (Å²) in [6.45, 7) is 13.7. The fraction of sp³-hybridized carbons (Fsp3) is 0.667. The van der Waals surface area contributed by atoms with Gasteiger partial charge in [0.1, 0.15) is 0 Å². The van der Waals surface area contributed by atoms with Gasteiger partial charge in [-0.2, -0.15) is 0 Å². The van der Waals surface area contributed by atoms with Crippen LogP contribution in [-0.4, -0.2) is 52.9 Å². The Bertz CT molecular complexity index is 643. The van der Waals surface area contributed by atoms with Crippen LogP contribution < -0.4 is 15.5 Å². The zero-order chi connectivity index (χ0) is 19.9. The maximum atomic E-state index is 12.2. The standard InChI is InChI=1S/C21H36N4OS.HI/c1-6-22-20(23-13-15-27(26)21(3,4)5)24-18-8-7-14-25(16-18)19-11-9-17(2)10-12-19;/h9-12,18H,6-8,13-16H2,1-5H3,(H2,22,23,24);1H. The number of benzene rings is 1. The van der Waals surface area contributed by atoms with Crippen molar-refractivity contribution in [2.75, 3.05) is 36.8 Å². The molecular formula is C21H37IN4OS. The lowest BCUT2D eigenvalue weighted by Gasteiger charge is -2.35. The molecule has 2 N–H and O–H groups in total. The summed E-state index contributed by atoms with van der Waals surface area (Å²) in [7, 11) is -0.868. The molecule has 1 aliphatic rings. The Morgan fingerprint density at radius 3 is 2.57 bits per heavy atom. The molecule has 0 amide bonds. The fourth-order valence-corrected chi connectivity index (χ4v) is 4.01. The van der Waals surface area contributed by atoms with Gasteiger partial charge in [0.2, 0.25) is 0 Å². The van der Waals surface area contributed by atoms with Crippen LogP contribution in [0.3, 0.4) is 0 Å². The minimum Gasteiger partial charge on any atom is -0.369 e. The third-order valence-electron chi connectivity index (χ3n) is 4.74. The molecule has 7 heteroatoms. The Labute approximate surface area is 190 Å². The molecule has 0 aliphatic carbocycles. The Morgan fingerprint density at radius 1 is 1.29 bits per heavy atom. The van der Waals surface area contributed by atoms with Gasteiger partial charge in [-0.1, -0.05) is 17.7 Å². The van der Waals surface area contributed by atoms with Crippen LogP contribution in [0, 0.1) is 6.92 Å². The minimum atomic E-state index is -0.868. The summed E-state index contributed by atoms with van der Waals surface area (Å²) >= 11 is 0. The number of guanidine groups is 1. The van der Waals surface area contributed by atoms with Crippen molar-refractivity contribution in [2.45, 2.75) is 58.2 Å². The number of nitrogens with one attached hydrogen (secondary N) is 2. The number of aliphatic imine (C=N–C) groups is 1. The summed E-state index contributed by atoms with van der Waals surface area (Å²) in [4.78, 5) is 7.10. The van der Waals surface area contributed by atoms with Gasteiger partial charge in [-0.3, -0.25) is 9.20 Å². The first-order chi connectivity index (χ1) is 12.8. The van der Waals surface area contributed by atoms with Gasteiger partial charge in [0.15, 0.2) is 5.96 Å². The first-order valence-corrected chi connectivity index (χ1v) is 11.4. The topological polar surface area (TPSA) is 56.7 Å². The van der Waals surface area contributed by atoms with Gasteiger partial charge in [-0.05, 0) is 59.6 Å². The molecule has 2 rings (SSSR count). The monoisotopic (exact) mass is 520 g/mol. The maximum Gasteiger partial charge on any atom is 0.191 e. The number of rotatable bonds is 6. The van der Waals surface area contributed by atoms with Crippen LogP contribution in [0.1, 0.15) is 46.1 Å². The predicted molar refractivity (Wildman–Crippen MR) is 134 cm³/mol. The Balaban J connectivity index is 0.00000392. The van der Waals surface area contributed by atoms with E-state index in [9.17, 15) is 4.21 Å². The van der Waals surface area contributed by atoms with Crippen LogP contribution in [0.25, 0.3) is 0 Å². The zero-order valence-corrected chi connectivity index (χ0v) is 21.1. The van der Waals surface area contributed by atoms with Crippen molar-refractivity contribution >= 4 is 46.4 Å². The van der Waals surface area contributed by atoms with E-state index in [0.29, 0.717) is 18.3 Å². The van der Waals surface area contributed by atoms with E-state index in [1.54, 1.807) is 0 Å². The van der Waals surface area contributed by atoms with Crippen molar-refractivity contribution in [1.29, 1.82) is 0 Å². The number of hydrogen-bond donors (Lipinski definition) is 2. The third-order valence-corrected chi connectivity index (χ3v) is 6.65. The van der Waals surface area contributed by atoms with Crippen molar-refractivity contribution in [3.05, 3.63) is 29.8 Å². The SMILES string of the molecule is CCNC(=NCCS(=O)C(C)(C)C)NC1CCCN(c2ccc(C)cc2)C1.I. The van der Waals surface area contributed by atoms with Crippen LogP contribution in [0.4, 0.5) is 5.69 Å². The molecule has 1 aromatic rings. The van der Waals surface area contributed by atoms with E-state index in [2.05, 4.69) is 58.6 Å². The lowest BCUT2D eigenvalue weighted by Crippen LogP contribution is -2.51. The normalized spacial score (nSPS) is 19.0. The lowest BCUT2D eigenvalue weighted by molar-refractivity contribution is 0.468. The highest BCUT2D eigenvalue weighted by Crippen LogP contribution is 2.20. The van der Waals surface area contributed by atoms with Crippen LogP contribution >= 0.6 is 24.0 Å². The third kappa shape index (κ3) is 8.27. The number of anilines is 1. The summed E-state index contributed by atoms with van der Waals surface area (Å²) in [5.41, 5.74) is 2.58. The smallest absolute Gasteiger partial charge is 0.191 e. The Morgan fingerprint density at radius 2 is 1.96 bits per heavy atom. The second-order valence-electron chi connectivity index (χ2n) is 8.19. The average Bonchev–Trinajstić information content (AvgIpc) is 2.62. The molecule has 160 valence electrons. The van der Waals surface area contributed by atoms with Gasteiger partial charge < -0.3 is 15.5 Å². The lowest BCUT2D eigenvalue weighted by atomic mass is 10.0. The van der Waals surface area contributed by atoms with Crippen LogP contribution in [0.5, 0.6) is 0 Å². The number of aryl methyl sites for hydroxylation is 1. The predicted octanol–water partition coefficient (Wildman–Crippen LogP) is 3.68. The quantitative estimate of drug-likeness (QED) is 0.342. The molecule has 0 aromatic heterocycles. The molecule has 0 radical (unpaired) electrons. The summed E-state index contributed by atoms with van der Waals surface area (Å²) in [5, 5.41) is 6.90. The summed E-state index contributed by atoms with van der Waals surface area (Å²) < 4.78 is 12.0. The maximum absolute atomic E-state index is 12.2. The largest absolute Gasteiger partial charge is 0.369 e. The zero-order valence-electron chi connectivity index (χ0n) is 18.0. The van der Waals surface area contributed by atoms with Gasteiger partial charge in [-0.15, -0.1) is 24.0 Å². The number of nitrogens with zero attached hydrogens (tertiary/aromatic N) is 2. The number of hydrogen-bond acceptors (Lipinski definition) is 3. The molecule has 0 bridgehead atoms. The van der Waals surface area contributed by atoms with Crippen LogP contribution in [0.15, 0.2) is 29.3 Å². The van der Waals surface area contributed by atoms with Crippen molar-refractivity contribution in [3.8, 4) is 0 Å². The molecule has 1 aliphatic heterocycles. The van der Waals surface area contributed by atoms with Crippen molar-refractivity contribution in [2.24, 2.45) is 4.99 Å². The van der Waals surface area contributed by atoms with E-state index in [0.717, 1.165) is 32.0 Å². The first-order valence-electron chi connectivity index (χ1n) is 10.0. The van der Waals surface area contributed by atoms with Gasteiger partial charge >= 0.3 is 0 Å². The molecule has 1 saturated heterocycles. The molecule has 0 spiro atoms. The van der Waals surface area contributed by atoms with E-state index < -0.39 is 10.8 Å². The van der Waals surface area contributed by atoms with Crippen LogP contribution in [0.2, 0.25) is 0 Å². The summed E-state index contributed by atoms with van der Waals surface area (Å²) in [6, 6.07) is 9.13. The molecule has 1 aromatic carbocycles. The van der Waals surface area contributed by atoms with Gasteiger partial charge in [0.25, 0.3) is 0 Å². The molecule has 5 nitrogen and oxygen atoms in total. The highest BCUT2D eigenvalue weighted by molar-refractivity contribution is 14.0. The van der Waals surface area contributed by atoms with E-state index in [1.165, 1.54) is 17.7 Å². The van der Waals surface area contributed by atoms with Gasteiger partial charge in [-0.25, -0.2) is 0 Å². The first kappa shape index (κ1) is 25.2. The van der Waals surface area contributed by atoms with Crippen molar-refractivity contribution < 1.29 is 4.21 Å². The molecule has 28 heavy (non-hydrogen) atoms. The fourth-order valence-electron chi connectivity index (χ4n) is 3.14. The highest BCUT2D eigenvalue weighted by atomic mass is 127.